The topological polar surface area (TPSA) is 0 Å². The van der Waals surface area contributed by atoms with Gasteiger partial charge in [0.15, 0.2) is 0 Å². The van der Waals surface area contributed by atoms with Crippen molar-refractivity contribution < 1.29 is 0 Å². The molecule has 0 amide bonds. The van der Waals surface area contributed by atoms with Gasteiger partial charge in [-0.2, -0.15) is 0 Å². The van der Waals surface area contributed by atoms with Crippen molar-refractivity contribution in [3.63, 3.8) is 0 Å². The molecule has 0 aliphatic heterocycles. The van der Waals surface area contributed by atoms with E-state index in [1.807, 2.05) is 48.5 Å². The highest BCUT2D eigenvalue weighted by molar-refractivity contribution is 6.34. The van der Waals surface area contributed by atoms with Crippen LogP contribution in [0.3, 0.4) is 0 Å². The maximum Gasteiger partial charge on any atom is 0.0490 e. The van der Waals surface area contributed by atoms with Crippen LogP contribution in [0.15, 0.2) is 78.9 Å². The van der Waals surface area contributed by atoms with Crippen LogP contribution in [0.25, 0.3) is 22.3 Å². The van der Waals surface area contributed by atoms with Crippen LogP contribution in [0.5, 0.6) is 0 Å². The van der Waals surface area contributed by atoms with Gasteiger partial charge in [0.2, 0.25) is 0 Å². The summed E-state index contributed by atoms with van der Waals surface area (Å²) in [5.41, 5.74) is 4.59. The van der Waals surface area contributed by atoms with Crippen LogP contribution < -0.4 is 0 Å². The number of hydrogen-bond donors (Lipinski definition) is 0. The molecular weight excluding hydrogens is 252 g/mol. The summed E-state index contributed by atoms with van der Waals surface area (Å²) in [4.78, 5) is 0. The van der Waals surface area contributed by atoms with Crippen LogP contribution in [0.2, 0.25) is 5.02 Å². The van der Waals surface area contributed by atoms with Crippen LogP contribution >= 0.6 is 11.6 Å². The fraction of sp³-hybridized carbons (Fsp3) is 0. The summed E-state index contributed by atoms with van der Waals surface area (Å²) in [6.45, 7) is 0. The molecule has 1 heteroatoms. The average molecular weight is 265 g/mol. The Hall–Kier alpha value is -2.05. The predicted molar refractivity (Wildman–Crippen MR) is 82.3 cm³/mol. The molecule has 0 N–H and O–H groups in total. The summed E-state index contributed by atoms with van der Waals surface area (Å²) in [7, 11) is 0. The Morgan fingerprint density at radius 3 is 1.74 bits per heavy atom. The first-order chi connectivity index (χ1) is 9.36. The Bertz CT molecular complexity index is 673. The van der Waals surface area contributed by atoms with E-state index in [4.69, 9.17) is 11.6 Å². The van der Waals surface area contributed by atoms with Gasteiger partial charge in [-0.05, 0) is 22.8 Å². The largest absolute Gasteiger partial charge is 0.0836 e. The molecule has 0 atom stereocenters. The molecule has 0 bridgehead atoms. The van der Waals surface area contributed by atoms with E-state index in [0.717, 1.165) is 16.1 Å². The van der Waals surface area contributed by atoms with Gasteiger partial charge in [-0.3, -0.25) is 0 Å². The van der Waals surface area contributed by atoms with Gasteiger partial charge in [0, 0.05) is 10.6 Å². The second kappa shape index (κ2) is 5.29. The van der Waals surface area contributed by atoms with Crippen LogP contribution in [-0.4, -0.2) is 0 Å². The average Bonchev–Trinajstić information content (AvgIpc) is 2.49. The van der Waals surface area contributed by atoms with E-state index in [-0.39, 0.29) is 0 Å². The molecule has 0 saturated heterocycles. The van der Waals surface area contributed by atoms with Gasteiger partial charge >= 0.3 is 0 Å². The molecule has 92 valence electrons. The van der Waals surface area contributed by atoms with Crippen molar-refractivity contribution in [2.24, 2.45) is 0 Å². The summed E-state index contributed by atoms with van der Waals surface area (Å²) >= 11 is 6.41. The molecule has 0 unspecified atom stereocenters. The van der Waals surface area contributed by atoms with E-state index >= 15 is 0 Å². The molecule has 0 aromatic heterocycles. The van der Waals surface area contributed by atoms with Gasteiger partial charge in [-0.1, -0.05) is 84.4 Å². The highest BCUT2D eigenvalue weighted by Gasteiger charge is 2.10. The first kappa shape index (κ1) is 12.0. The smallest absolute Gasteiger partial charge is 0.0490 e. The van der Waals surface area contributed by atoms with Crippen molar-refractivity contribution in [1.29, 1.82) is 0 Å². The van der Waals surface area contributed by atoms with Gasteiger partial charge in [0.05, 0.1) is 0 Å². The zero-order valence-electron chi connectivity index (χ0n) is 10.4. The maximum absolute atomic E-state index is 6.41. The minimum atomic E-state index is 0.785. The number of hydrogen-bond acceptors (Lipinski definition) is 0. The molecule has 0 nitrogen and oxygen atoms in total. The third-order valence-corrected chi connectivity index (χ3v) is 3.48. The number of rotatable bonds is 2. The van der Waals surface area contributed by atoms with Crippen molar-refractivity contribution >= 4 is 11.6 Å². The lowest BCUT2D eigenvalue weighted by Crippen LogP contribution is -1.86. The second-order valence-electron chi connectivity index (χ2n) is 4.39. The maximum atomic E-state index is 6.41. The SMILES string of the molecule is Clc1cccc(-c2ccccc2)c1-c1ccccc1. The molecule has 3 rings (SSSR count). The van der Waals surface area contributed by atoms with Gasteiger partial charge in [-0.15, -0.1) is 0 Å². The monoisotopic (exact) mass is 264 g/mol. The summed E-state index contributed by atoms with van der Waals surface area (Å²) in [5.74, 6) is 0. The first-order valence-electron chi connectivity index (χ1n) is 6.25. The normalized spacial score (nSPS) is 10.4. The molecule has 0 fully saturated rings. The zero-order valence-corrected chi connectivity index (χ0v) is 11.1. The third kappa shape index (κ3) is 2.40. The van der Waals surface area contributed by atoms with E-state index in [2.05, 4.69) is 30.3 Å². The molecular formula is C18H13Cl. The molecule has 19 heavy (non-hydrogen) atoms. The standard InChI is InChI=1S/C18H13Cl/c19-17-13-7-12-16(14-8-3-1-4-9-14)18(17)15-10-5-2-6-11-15/h1-13H. The molecule has 0 radical (unpaired) electrons. The second-order valence-corrected chi connectivity index (χ2v) is 4.80. The van der Waals surface area contributed by atoms with Gasteiger partial charge in [0.25, 0.3) is 0 Å². The molecule has 3 aromatic rings. The molecule has 3 aromatic carbocycles. The highest BCUT2D eigenvalue weighted by Crippen LogP contribution is 2.37. The molecule has 0 heterocycles. The summed E-state index contributed by atoms with van der Waals surface area (Å²) in [5, 5.41) is 0.785. The van der Waals surface area contributed by atoms with Crippen molar-refractivity contribution in [2.45, 2.75) is 0 Å². The first-order valence-corrected chi connectivity index (χ1v) is 6.63. The summed E-state index contributed by atoms with van der Waals surface area (Å²) < 4.78 is 0. The van der Waals surface area contributed by atoms with Crippen molar-refractivity contribution in [2.75, 3.05) is 0 Å². The number of benzene rings is 3. The van der Waals surface area contributed by atoms with E-state index in [9.17, 15) is 0 Å². The predicted octanol–water partition coefficient (Wildman–Crippen LogP) is 5.67. The molecule has 0 aliphatic rings. The van der Waals surface area contributed by atoms with Crippen LogP contribution in [0, 0.1) is 0 Å². The van der Waals surface area contributed by atoms with Crippen molar-refractivity contribution in [3.8, 4) is 22.3 Å². The Morgan fingerprint density at radius 2 is 1.11 bits per heavy atom. The van der Waals surface area contributed by atoms with E-state index in [1.165, 1.54) is 11.1 Å². The Balaban J connectivity index is 2.25. The van der Waals surface area contributed by atoms with Gasteiger partial charge < -0.3 is 0 Å². The van der Waals surface area contributed by atoms with Crippen LogP contribution in [0.4, 0.5) is 0 Å². The zero-order chi connectivity index (χ0) is 13.1. The van der Waals surface area contributed by atoms with E-state index in [1.54, 1.807) is 0 Å². The molecule has 0 aliphatic carbocycles. The van der Waals surface area contributed by atoms with Gasteiger partial charge in [-0.25, -0.2) is 0 Å². The minimum absolute atomic E-state index is 0.785. The quantitative estimate of drug-likeness (QED) is 0.559. The van der Waals surface area contributed by atoms with E-state index in [0.29, 0.717) is 0 Å². The van der Waals surface area contributed by atoms with E-state index < -0.39 is 0 Å². The lowest BCUT2D eigenvalue weighted by Gasteiger charge is -2.12. The fourth-order valence-corrected chi connectivity index (χ4v) is 2.56. The minimum Gasteiger partial charge on any atom is -0.0836 e. The Labute approximate surface area is 118 Å². The summed E-state index contributed by atoms with van der Waals surface area (Å²) in [6, 6.07) is 26.7. The van der Waals surface area contributed by atoms with Crippen molar-refractivity contribution in [3.05, 3.63) is 83.9 Å². The van der Waals surface area contributed by atoms with Gasteiger partial charge in [0.1, 0.15) is 0 Å². The molecule has 0 spiro atoms. The lowest BCUT2D eigenvalue weighted by atomic mass is 9.94. The third-order valence-electron chi connectivity index (χ3n) is 3.16. The molecule has 0 saturated carbocycles. The lowest BCUT2D eigenvalue weighted by molar-refractivity contribution is 1.58. The Morgan fingerprint density at radius 1 is 0.526 bits per heavy atom. The fourth-order valence-electron chi connectivity index (χ4n) is 2.28. The highest BCUT2D eigenvalue weighted by atomic mass is 35.5. The number of halogens is 1. The Kier molecular flexibility index (Phi) is 3.35. The van der Waals surface area contributed by atoms with Crippen molar-refractivity contribution in [1.82, 2.24) is 0 Å². The summed E-state index contributed by atoms with van der Waals surface area (Å²) in [6.07, 6.45) is 0. The van der Waals surface area contributed by atoms with Crippen LogP contribution in [-0.2, 0) is 0 Å². The van der Waals surface area contributed by atoms with Crippen LogP contribution in [0.1, 0.15) is 0 Å².